The van der Waals surface area contributed by atoms with Gasteiger partial charge in [-0.1, -0.05) is 43.2 Å². The number of hydrogen-bond acceptors (Lipinski definition) is 6. The Kier molecular flexibility index (Phi) is 8.12. The molecule has 7 rings (SSSR count). The molecule has 2 N–H and O–H groups in total. The Morgan fingerprint density at radius 3 is 2.55 bits per heavy atom. The van der Waals surface area contributed by atoms with Gasteiger partial charge in [0.2, 0.25) is 5.88 Å². The van der Waals surface area contributed by atoms with E-state index in [-0.39, 0.29) is 22.5 Å². The number of nitrogens with one attached hydrogen (secondary N) is 1. The number of anilines is 3. The van der Waals surface area contributed by atoms with Crippen molar-refractivity contribution in [2.24, 2.45) is 5.41 Å². The number of carbonyl (C=O) groups is 1. The van der Waals surface area contributed by atoms with Crippen LogP contribution in [0.1, 0.15) is 49.0 Å². The van der Waals surface area contributed by atoms with Gasteiger partial charge in [0.25, 0.3) is 5.92 Å². The van der Waals surface area contributed by atoms with Crippen molar-refractivity contribution < 1.29 is 23.4 Å². The number of pyridine rings is 1. The summed E-state index contributed by atoms with van der Waals surface area (Å²) in [7, 11) is 0. The first kappa shape index (κ1) is 31.4. The molecule has 2 aromatic heterocycles. The zero-order chi connectivity index (χ0) is 32.9. The number of alkyl halides is 2. The second-order valence-corrected chi connectivity index (χ2v) is 14.1. The molecule has 1 fully saturated rings. The lowest BCUT2D eigenvalue weighted by molar-refractivity contribution is -0.0286. The Labute approximate surface area is 277 Å². The van der Waals surface area contributed by atoms with E-state index >= 15 is 8.78 Å². The van der Waals surface area contributed by atoms with E-state index in [9.17, 15) is 9.90 Å². The summed E-state index contributed by atoms with van der Waals surface area (Å²) < 4.78 is 35.6. The summed E-state index contributed by atoms with van der Waals surface area (Å²) in [6.07, 6.45) is 4.94. The quantitative estimate of drug-likeness (QED) is 0.218. The molecule has 0 saturated carbocycles. The summed E-state index contributed by atoms with van der Waals surface area (Å²) in [5.74, 6) is -4.40. The first-order valence-corrected chi connectivity index (χ1v) is 16.4. The van der Waals surface area contributed by atoms with Crippen LogP contribution in [0.5, 0.6) is 5.88 Å². The van der Waals surface area contributed by atoms with Crippen molar-refractivity contribution in [3.8, 4) is 5.88 Å². The molecule has 4 heterocycles. The predicted octanol–water partition coefficient (Wildman–Crippen LogP) is 7.87. The molecule has 11 heteroatoms. The van der Waals surface area contributed by atoms with Gasteiger partial charge in [-0.2, -0.15) is 4.98 Å². The number of carboxylic acids is 1. The van der Waals surface area contributed by atoms with Gasteiger partial charge in [0.15, 0.2) is 6.61 Å². The zero-order valence-corrected chi connectivity index (χ0v) is 27.3. The molecule has 0 amide bonds. The molecule has 2 aromatic carbocycles. The average molecular weight is 662 g/mol. The minimum Gasteiger partial charge on any atom is -0.478 e. The van der Waals surface area contributed by atoms with Crippen molar-refractivity contribution in [3.63, 3.8) is 0 Å². The van der Waals surface area contributed by atoms with Gasteiger partial charge < -0.3 is 24.6 Å². The number of carboxylic acid groups (broad SMARTS) is 1. The lowest BCUT2D eigenvalue weighted by Crippen LogP contribution is -2.47. The van der Waals surface area contributed by atoms with Gasteiger partial charge in [0.1, 0.15) is 11.3 Å². The number of rotatable bonds is 6. The number of allylic oxidation sites excluding steroid dienone is 1. The summed E-state index contributed by atoms with van der Waals surface area (Å²) in [6, 6.07) is 16.7. The van der Waals surface area contributed by atoms with Gasteiger partial charge in [-0.25, -0.2) is 13.6 Å². The minimum absolute atomic E-state index is 0.0332. The number of ether oxygens (including phenoxy) is 1. The minimum atomic E-state index is -3.24. The number of H-pyrrole nitrogens is 1. The fraction of sp³-hybridized carbons (Fsp3) is 0.389. The Morgan fingerprint density at radius 1 is 1.04 bits per heavy atom. The number of piperazine rings is 1. The Bertz CT molecular complexity index is 1850. The number of benzene rings is 2. The van der Waals surface area contributed by atoms with E-state index in [4.69, 9.17) is 16.3 Å². The fourth-order valence-electron chi connectivity index (χ4n) is 7.02. The number of aromatic carboxylic acids is 1. The van der Waals surface area contributed by atoms with Gasteiger partial charge in [-0.05, 0) is 78.3 Å². The number of aromatic nitrogens is 2. The van der Waals surface area contributed by atoms with Crippen LogP contribution in [-0.2, 0) is 0 Å². The summed E-state index contributed by atoms with van der Waals surface area (Å²) in [6.45, 7) is 7.06. The number of aromatic amines is 1. The Balaban J connectivity index is 1.15. The molecule has 0 spiro atoms. The third-order valence-electron chi connectivity index (χ3n) is 9.61. The standard InChI is InChI=1S/C36H38ClF2N5O3/c1-35(2)11-9-25(29(19-35)23-3-5-26(37)6-4-23)20-42-13-15-43(16-14-42)27-7-8-28(34(45)46)30(18-27)44-21-36(38,39)22-47-33-31(44)17-24-10-12-40-32(24)41-33/h3-8,10,12,17-18H,9,11,13-16,19-22H2,1-2H3,(H,40,41)(H,45,46). The van der Waals surface area contributed by atoms with E-state index in [1.165, 1.54) is 27.7 Å². The van der Waals surface area contributed by atoms with Crippen LogP contribution >= 0.6 is 11.6 Å². The molecule has 4 aromatic rings. The SMILES string of the molecule is CC1(C)CCC(CN2CCN(c3ccc(C(=O)O)c(N4CC(F)(F)COc5nc6[nH]ccc6cc54)c3)CC2)=C(c2ccc(Cl)cc2)C1. The average Bonchev–Trinajstić information content (AvgIpc) is 3.46. The molecule has 47 heavy (non-hydrogen) atoms. The molecule has 0 atom stereocenters. The van der Waals surface area contributed by atoms with E-state index in [2.05, 4.69) is 45.7 Å². The van der Waals surface area contributed by atoms with Gasteiger partial charge in [0, 0.05) is 55.0 Å². The Hall–Kier alpha value is -4.15. The van der Waals surface area contributed by atoms with Crippen LogP contribution in [-0.4, -0.2) is 77.7 Å². The van der Waals surface area contributed by atoms with Crippen molar-refractivity contribution >= 4 is 51.2 Å². The summed E-state index contributed by atoms with van der Waals surface area (Å²) >= 11 is 6.20. The van der Waals surface area contributed by atoms with Gasteiger partial charge in [-0.15, -0.1) is 0 Å². The van der Waals surface area contributed by atoms with E-state index in [1.807, 2.05) is 12.1 Å². The highest BCUT2D eigenvalue weighted by Gasteiger charge is 2.40. The molecular weight excluding hydrogens is 624 g/mol. The zero-order valence-electron chi connectivity index (χ0n) is 26.5. The smallest absolute Gasteiger partial charge is 0.337 e. The molecule has 1 aliphatic carbocycles. The highest BCUT2D eigenvalue weighted by molar-refractivity contribution is 6.30. The third kappa shape index (κ3) is 6.53. The maximum Gasteiger partial charge on any atom is 0.337 e. The second-order valence-electron chi connectivity index (χ2n) is 13.7. The van der Waals surface area contributed by atoms with Crippen molar-refractivity contribution in [3.05, 3.63) is 82.5 Å². The second kappa shape index (κ2) is 12.1. The Morgan fingerprint density at radius 2 is 1.81 bits per heavy atom. The largest absolute Gasteiger partial charge is 0.478 e. The number of fused-ring (bicyclic) bond motifs is 2. The predicted molar refractivity (Wildman–Crippen MR) is 182 cm³/mol. The topological polar surface area (TPSA) is 84.9 Å². The van der Waals surface area contributed by atoms with Crippen molar-refractivity contribution in [1.82, 2.24) is 14.9 Å². The van der Waals surface area contributed by atoms with E-state index < -0.39 is 25.0 Å². The fourth-order valence-corrected chi connectivity index (χ4v) is 7.15. The first-order chi connectivity index (χ1) is 22.4. The van der Waals surface area contributed by atoms with Crippen LogP contribution in [0.15, 0.2) is 66.4 Å². The molecule has 0 unspecified atom stereocenters. The number of halogens is 3. The molecule has 8 nitrogen and oxygen atoms in total. The molecule has 1 saturated heterocycles. The van der Waals surface area contributed by atoms with Crippen LogP contribution < -0.4 is 14.5 Å². The van der Waals surface area contributed by atoms with Crippen LogP contribution in [0.4, 0.5) is 25.8 Å². The molecule has 2 aliphatic heterocycles. The maximum absolute atomic E-state index is 15.1. The van der Waals surface area contributed by atoms with Gasteiger partial charge >= 0.3 is 5.97 Å². The number of hydrogen-bond donors (Lipinski definition) is 2. The first-order valence-electron chi connectivity index (χ1n) is 16.0. The monoisotopic (exact) mass is 661 g/mol. The van der Waals surface area contributed by atoms with Crippen LogP contribution in [0.2, 0.25) is 5.02 Å². The molecule has 3 aliphatic rings. The van der Waals surface area contributed by atoms with Gasteiger partial charge in [0.05, 0.1) is 17.8 Å². The lowest BCUT2D eigenvalue weighted by atomic mass is 9.72. The van der Waals surface area contributed by atoms with Crippen LogP contribution in [0.25, 0.3) is 16.6 Å². The third-order valence-corrected chi connectivity index (χ3v) is 9.87. The lowest BCUT2D eigenvalue weighted by Gasteiger charge is -2.39. The van der Waals surface area contributed by atoms with Crippen molar-refractivity contribution in [2.45, 2.75) is 39.0 Å². The van der Waals surface area contributed by atoms with Crippen LogP contribution in [0.3, 0.4) is 0 Å². The molecular formula is C36H38ClF2N5O3. The highest BCUT2D eigenvalue weighted by Crippen LogP contribution is 2.44. The summed E-state index contributed by atoms with van der Waals surface area (Å²) in [5, 5.41) is 11.6. The molecule has 0 bridgehead atoms. The maximum atomic E-state index is 15.1. The van der Waals surface area contributed by atoms with E-state index in [0.717, 1.165) is 62.7 Å². The van der Waals surface area contributed by atoms with Crippen LogP contribution in [0, 0.1) is 5.41 Å². The van der Waals surface area contributed by atoms with Crippen molar-refractivity contribution in [1.29, 1.82) is 0 Å². The van der Waals surface area contributed by atoms with Crippen molar-refractivity contribution in [2.75, 3.05) is 55.7 Å². The molecule has 246 valence electrons. The summed E-state index contributed by atoms with van der Waals surface area (Å²) in [5.41, 5.74) is 6.09. The van der Waals surface area contributed by atoms with Gasteiger partial charge in [-0.3, -0.25) is 4.90 Å². The molecule has 0 radical (unpaired) electrons. The van der Waals surface area contributed by atoms with E-state index in [1.54, 1.807) is 30.5 Å². The number of nitrogens with zero attached hydrogens (tertiary/aromatic N) is 4. The normalized spacial score (nSPS) is 19.8. The highest BCUT2D eigenvalue weighted by atomic mass is 35.5. The van der Waals surface area contributed by atoms with E-state index in [0.29, 0.717) is 16.7 Å². The summed E-state index contributed by atoms with van der Waals surface area (Å²) in [4.78, 5) is 25.8.